The maximum Gasteiger partial charge on any atom is 0.187 e. The molecule has 0 aromatic heterocycles. The van der Waals surface area contributed by atoms with E-state index in [1.807, 2.05) is 101 Å². The Hall–Kier alpha value is -3.66. The number of ether oxygens (including phenoxy) is 2. The molecule has 0 spiro atoms. The van der Waals surface area contributed by atoms with Gasteiger partial charge >= 0.3 is 0 Å². The second-order valence-corrected chi connectivity index (χ2v) is 14.4. The Morgan fingerprint density at radius 3 is 1.57 bits per heavy atom. The Kier molecular flexibility index (Phi) is 23.4. The first kappa shape index (κ1) is 47.4. The lowest BCUT2D eigenvalue weighted by atomic mass is 9.96. The van der Waals surface area contributed by atoms with Crippen LogP contribution >= 0.6 is 0 Å². The third-order valence-electron chi connectivity index (χ3n) is 8.23. The molecule has 0 aromatic rings. The Labute approximate surface area is 319 Å². The number of aliphatic hydroxyl groups excluding tert-OH is 5. The minimum atomic E-state index is -1.46. The first-order valence-electron chi connectivity index (χ1n) is 18.4. The van der Waals surface area contributed by atoms with Crippen molar-refractivity contribution in [3.8, 4) is 0 Å². The Bertz CT molecular complexity index is 1510. The van der Waals surface area contributed by atoms with Crippen molar-refractivity contribution < 1.29 is 35.0 Å². The largest absolute Gasteiger partial charge is 0.394 e. The van der Waals surface area contributed by atoms with Crippen molar-refractivity contribution in [2.24, 2.45) is 0 Å². The molecule has 0 amide bonds. The summed E-state index contributed by atoms with van der Waals surface area (Å²) in [4.78, 5) is 0. The minimum Gasteiger partial charge on any atom is -0.394 e. The van der Waals surface area contributed by atoms with Crippen molar-refractivity contribution in [2.45, 2.75) is 118 Å². The fraction of sp³-hybridized carbons (Fsp3) is 0.435. The van der Waals surface area contributed by atoms with Crippen LogP contribution in [0, 0.1) is 0 Å². The van der Waals surface area contributed by atoms with Gasteiger partial charge in [0.2, 0.25) is 0 Å². The zero-order valence-corrected chi connectivity index (χ0v) is 33.4. The lowest BCUT2D eigenvalue weighted by molar-refractivity contribution is -0.323. The maximum absolute atomic E-state index is 10.3. The van der Waals surface area contributed by atoms with E-state index in [4.69, 9.17) is 9.47 Å². The zero-order chi connectivity index (χ0) is 39.8. The van der Waals surface area contributed by atoms with E-state index in [0.717, 1.165) is 35.1 Å². The number of rotatable bonds is 20. The molecule has 0 bridgehead atoms. The molecule has 7 nitrogen and oxygen atoms in total. The summed E-state index contributed by atoms with van der Waals surface area (Å²) in [5.41, 5.74) is 7.16. The normalized spacial score (nSPS) is 23.7. The van der Waals surface area contributed by atoms with Crippen LogP contribution in [0.25, 0.3) is 0 Å². The zero-order valence-electron chi connectivity index (χ0n) is 33.4. The summed E-state index contributed by atoms with van der Waals surface area (Å²) < 4.78 is 11.4. The number of hydrogen-bond donors (Lipinski definition) is 5. The molecule has 1 aliphatic rings. The fourth-order valence-electron chi connectivity index (χ4n) is 4.97. The van der Waals surface area contributed by atoms with Gasteiger partial charge in [0.05, 0.1) is 18.8 Å². The van der Waals surface area contributed by atoms with Gasteiger partial charge in [-0.25, -0.2) is 0 Å². The standard InChI is InChI=1S/C46H66O7/c1-34(2)18-12-20-36(4)22-14-25-38(6)27-16-30-40(32-47)29-11-10-19-35(3)21-13-23-37(5)24-15-26-39(7)28-17-31-46(8,9)53-45-44(51)43(50)42(49)41(33-48)52-45/h10-16,18-27,29-30,41-45,47-51H,17,28,31-33H2,1-9H3/b11-10+,20-12+,21-13+,24-15+,25-14+,30-16+,35-19+,36-22+,37-23+,38-27+,39-26+,40-29-/t41-,42-,43+,44-,45+/m1/s1. The van der Waals surface area contributed by atoms with Crippen LogP contribution in [0.15, 0.2) is 154 Å². The Morgan fingerprint density at radius 1 is 0.585 bits per heavy atom. The van der Waals surface area contributed by atoms with Crippen LogP contribution in [0.4, 0.5) is 0 Å². The van der Waals surface area contributed by atoms with E-state index in [1.54, 1.807) is 0 Å². The molecule has 5 atom stereocenters. The maximum atomic E-state index is 10.3. The summed E-state index contributed by atoms with van der Waals surface area (Å²) in [7, 11) is 0. The van der Waals surface area contributed by atoms with Crippen molar-refractivity contribution in [3.05, 3.63) is 154 Å². The molecule has 0 aliphatic carbocycles. The van der Waals surface area contributed by atoms with Gasteiger partial charge in [0.15, 0.2) is 6.29 Å². The van der Waals surface area contributed by atoms with Crippen LogP contribution in [-0.4, -0.2) is 75.1 Å². The van der Waals surface area contributed by atoms with Gasteiger partial charge in [-0.05, 0) is 87.1 Å². The van der Waals surface area contributed by atoms with Crippen molar-refractivity contribution in [2.75, 3.05) is 13.2 Å². The third kappa shape index (κ3) is 21.6. The van der Waals surface area contributed by atoms with Gasteiger partial charge in [-0.15, -0.1) is 0 Å². The number of hydrogen-bond acceptors (Lipinski definition) is 7. The average molecular weight is 731 g/mol. The Balaban J connectivity index is 2.57. The summed E-state index contributed by atoms with van der Waals surface area (Å²) in [6.07, 6.45) is 34.4. The smallest absolute Gasteiger partial charge is 0.187 e. The van der Waals surface area contributed by atoms with Gasteiger partial charge in [-0.1, -0.05) is 149 Å². The van der Waals surface area contributed by atoms with Gasteiger partial charge in [-0.2, -0.15) is 0 Å². The van der Waals surface area contributed by atoms with Gasteiger partial charge < -0.3 is 35.0 Å². The van der Waals surface area contributed by atoms with Crippen LogP contribution < -0.4 is 0 Å². The molecule has 292 valence electrons. The minimum absolute atomic E-state index is 0.0416. The second kappa shape index (κ2) is 26.2. The molecule has 0 radical (unpaired) electrons. The van der Waals surface area contributed by atoms with Crippen LogP contribution in [0.1, 0.15) is 81.6 Å². The SMILES string of the molecule is CC(C)=C/C=C/C(C)=C/C=C/C(C)=C/C=C/C(=C/C=C/C=C(C)/C=C/C=C(C)/C=C/C=C(\C)CCCC(C)(C)O[C@@H]1O[C@H](CO)[C@@H](O)[C@H](O)[C@H]1O)CO. The van der Waals surface area contributed by atoms with Gasteiger partial charge in [0.25, 0.3) is 0 Å². The highest BCUT2D eigenvalue weighted by Crippen LogP contribution is 2.28. The van der Waals surface area contributed by atoms with E-state index in [-0.39, 0.29) is 6.61 Å². The highest BCUT2D eigenvalue weighted by Gasteiger charge is 2.45. The summed E-state index contributed by atoms with van der Waals surface area (Å²) >= 11 is 0. The fourth-order valence-corrected chi connectivity index (χ4v) is 4.97. The lowest BCUT2D eigenvalue weighted by Crippen LogP contribution is -2.60. The summed E-state index contributed by atoms with van der Waals surface area (Å²) in [5.74, 6) is 0. The quantitative estimate of drug-likeness (QED) is 0.0796. The lowest BCUT2D eigenvalue weighted by Gasteiger charge is -2.42. The van der Waals surface area contributed by atoms with E-state index in [2.05, 4.69) is 76.3 Å². The molecule has 1 heterocycles. The van der Waals surface area contributed by atoms with Crippen LogP contribution in [-0.2, 0) is 9.47 Å². The van der Waals surface area contributed by atoms with E-state index >= 15 is 0 Å². The van der Waals surface area contributed by atoms with E-state index in [0.29, 0.717) is 6.42 Å². The second-order valence-electron chi connectivity index (χ2n) is 14.4. The molecule has 1 fully saturated rings. The average Bonchev–Trinajstić information content (AvgIpc) is 3.09. The van der Waals surface area contributed by atoms with Gasteiger partial charge in [-0.3, -0.25) is 0 Å². The van der Waals surface area contributed by atoms with Gasteiger partial charge in [0, 0.05) is 0 Å². The molecule has 53 heavy (non-hydrogen) atoms. The van der Waals surface area contributed by atoms with Crippen molar-refractivity contribution in [1.82, 2.24) is 0 Å². The third-order valence-corrected chi connectivity index (χ3v) is 8.23. The van der Waals surface area contributed by atoms with Gasteiger partial charge in [0.1, 0.15) is 24.4 Å². The first-order chi connectivity index (χ1) is 25.1. The molecule has 0 aromatic carbocycles. The summed E-state index contributed by atoms with van der Waals surface area (Å²) in [6.45, 7) is 17.7. The summed E-state index contributed by atoms with van der Waals surface area (Å²) in [6, 6.07) is 0. The first-order valence-corrected chi connectivity index (χ1v) is 18.4. The van der Waals surface area contributed by atoms with Crippen molar-refractivity contribution in [1.29, 1.82) is 0 Å². The number of aliphatic hydroxyl groups is 5. The van der Waals surface area contributed by atoms with Crippen molar-refractivity contribution >= 4 is 0 Å². The van der Waals surface area contributed by atoms with Crippen LogP contribution in [0.3, 0.4) is 0 Å². The molecule has 1 rings (SSSR count). The molecule has 7 heteroatoms. The predicted octanol–water partition coefficient (Wildman–Crippen LogP) is 8.71. The van der Waals surface area contributed by atoms with E-state index < -0.39 is 42.9 Å². The molecule has 0 saturated carbocycles. The topological polar surface area (TPSA) is 120 Å². The number of allylic oxidation sites excluding steroid dienone is 24. The monoisotopic (exact) mass is 730 g/mol. The molecular weight excluding hydrogens is 664 g/mol. The molecule has 5 N–H and O–H groups in total. The molecule has 1 aliphatic heterocycles. The molecule has 0 unspecified atom stereocenters. The van der Waals surface area contributed by atoms with E-state index in [1.165, 1.54) is 16.7 Å². The molecular formula is C46H66O7. The van der Waals surface area contributed by atoms with Crippen LogP contribution in [0.5, 0.6) is 0 Å². The predicted molar refractivity (Wildman–Crippen MR) is 221 cm³/mol. The highest BCUT2D eigenvalue weighted by atomic mass is 16.7. The summed E-state index contributed by atoms with van der Waals surface area (Å²) in [5, 5.41) is 49.4. The molecule has 1 saturated heterocycles. The van der Waals surface area contributed by atoms with Crippen LogP contribution in [0.2, 0.25) is 0 Å². The highest BCUT2D eigenvalue weighted by molar-refractivity contribution is 5.34. The van der Waals surface area contributed by atoms with E-state index in [9.17, 15) is 25.5 Å². The van der Waals surface area contributed by atoms with Crippen molar-refractivity contribution in [3.63, 3.8) is 0 Å². The Morgan fingerprint density at radius 2 is 1.06 bits per heavy atom.